The summed E-state index contributed by atoms with van der Waals surface area (Å²) in [6.07, 6.45) is 41.6. The average molecular weight is 875 g/mol. The lowest BCUT2D eigenvalue weighted by Crippen LogP contribution is -2.60. The van der Waals surface area contributed by atoms with Gasteiger partial charge in [0.15, 0.2) is 18.5 Å². The standard InChI is InChI=1S/C51H86O11/c1-3-5-7-9-11-13-15-17-18-19-20-21-22-23-24-25-26-28-30-32-34-36-38-40-45(53)61-43(42-60-51-48(56)46(54)47(55)49(62-51)50(57)58)41-59-44(52)39-37-35-33-31-29-27-16-14-12-10-8-6-4-2/h6,8,12,14,19-20,27,29,33,35,43,46-49,51,54-56H,3-5,7,9-11,13,15-18,21-26,28,30-32,34,36-42H2,1-2H3,(H,57,58)/b8-6-,14-12-,20-19-,29-27-,35-33-. The van der Waals surface area contributed by atoms with Crippen LogP contribution in [0.3, 0.4) is 0 Å². The van der Waals surface area contributed by atoms with Crippen molar-refractivity contribution in [2.75, 3.05) is 13.2 Å². The molecule has 0 aromatic heterocycles. The normalized spacial score (nSPS) is 20.0. The number of aliphatic hydroxyl groups is 3. The van der Waals surface area contributed by atoms with Crippen LogP contribution < -0.4 is 0 Å². The Hall–Kier alpha value is -3.09. The van der Waals surface area contributed by atoms with Gasteiger partial charge in [0.25, 0.3) is 0 Å². The number of aliphatic hydroxyl groups excluding tert-OH is 3. The third-order valence-electron chi connectivity index (χ3n) is 10.9. The van der Waals surface area contributed by atoms with E-state index in [1.165, 1.54) is 109 Å². The van der Waals surface area contributed by atoms with E-state index in [9.17, 15) is 34.8 Å². The molecule has 6 atom stereocenters. The van der Waals surface area contributed by atoms with Crippen LogP contribution in [0.15, 0.2) is 60.8 Å². The van der Waals surface area contributed by atoms with Gasteiger partial charge in [-0.05, 0) is 64.2 Å². The molecule has 0 radical (unpaired) electrons. The second kappa shape index (κ2) is 40.7. The number of rotatable bonds is 40. The first-order chi connectivity index (χ1) is 30.2. The molecular weight excluding hydrogens is 789 g/mol. The van der Waals surface area contributed by atoms with Crippen LogP contribution in [0.4, 0.5) is 0 Å². The number of hydrogen-bond acceptors (Lipinski definition) is 10. The number of carboxylic acids is 1. The van der Waals surface area contributed by atoms with Gasteiger partial charge in [0.2, 0.25) is 0 Å². The van der Waals surface area contributed by atoms with E-state index in [4.69, 9.17) is 18.9 Å². The molecular formula is C51H86O11. The Balaban J connectivity index is 2.32. The lowest BCUT2D eigenvalue weighted by molar-refractivity contribution is -0.298. The van der Waals surface area contributed by atoms with E-state index in [0.29, 0.717) is 12.8 Å². The molecule has 1 aliphatic heterocycles. The number of carbonyl (C=O) groups is 3. The van der Waals surface area contributed by atoms with Gasteiger partial charge < -0.3 is 39.4 Å². The summed E-state index contributed by atoms with van der Waals surface area (Å²) in [5, 5.41) is 39.8. The third-order valence-corrected chi connectivity index (χ3v) is 10.9. The summed E-state index contributed by atoms with van der Waals surface area (Å²) >= 11 is 0. The Morgan fingerprint density at radius 1 is 0.516 bits per heavy atom. The summed E-state index contributed by atoms with van der Waals surface area (Å²) in [6.45, 7) is 3.64. The Morgan fingerprint density at radius 3 is 1.50 bits per heavy atom. The highest BCUT2D eigenvalue weighted by Gasteiger charge is 2.47. The number of hydrogen-bond donors (Lipinski definition) is 4. The Kier molecular flexibility index (Phi) is 37.3. The number of esters is 2. The zero-order valence-electron chi connectivity index (χ0n) is 38.6. The minimum Gasteiger partial charge on any atom is -0.479 e. The van der Waals surface area contributed by atoms with Crippen molar-refractivity contribution in [3.8, 4) is 0 Å². The van der Waals surface area contributed by atoms with Gasteiger partial charge in [-0.2, -0.15) is 0 Å². The van der Waals surface area contributed by atoms with Crippen molar-refractivity contribution in [1.82, 2.24) is 0 Å². The van der Waals surface area contributed by atoms with Gasteiger partial charge in [0.1, 0.15) is 24.9 Å². The second-order valence-electron chi connectivity index (χ2n) is 16.6. The topological polar surface area (TPSA) is 169 Å². The predicted octanol–water partition coefficient (Wildman–Crippen LogP) is 11.1. The van der Waals surface area contributed by atoms with Gasteiger partial charge in [-0.25, -0.2) is 4.79 Å². The maximum atomic E-state index is 12.8. The first-order valence-corrected chi connectivity index (χ1v) is 24.3. The zero-order valence-corrected chi connectivity index (χ0v) is 38.6. The van der Waals surface area contributed by atoms with Crippen molar-refractivity contribution in [2.24, 2.45) is 0 Å². The molecule has 11 nitrogen and oxygen atoms in total. The molecule has 11 heteroatoms. The molecule has 356 valence electrons. The van der Waals surface area contributed by atoms with E-state index in [0.717, 1.165) is 44.9 Å². The van der Waals surface area contributed by atoms with Gasteiger partial charge in [0, 0.05) is 12.8 Å². The van der Waals surface area contributed by atoms with Crippen LogP contribution in [-0.4, -0.2) is 88.4 Å². The fraction of sp³-hybridized carbons (Fsp3) is 0.745. The van der Waals surface area contributed by atoms with Crippen LogP contribution in [0, 0.1) is 0 Å². The van der Waals surface area contributed by atoms with Crippen molar-refractivity contribution in [2.45, 2.75) is 230 Å². The number of carboxylic acid groups (broad SMARTS) is 1. The minimum absolute atomic E-state index is 0.113. The lowest BCUT2D eigenvalue weighted by atomic mass is 9.99. The van der Waals surface area contributed by atoms with E-state index in [1.54, 1.807) is 0 Å². The summed E-state index contributed by atoms with van der Waals surface area (Å²) in [5.74, 6) is -2.55. The number of allylic oxidation sites excluding steroid dienone is 10. The summed E-state index contributed by atoms with van der Waals surface area (Å²) in [5.41, 5.74) is 0. The first kappa shape index (κ1) is 56.9. The molecule has 1 saturated heterocycles. The predicted molar refractivity (Wildman–Crippen MR) is 247 cm³/mol. The van der Waals surface area contributed by atoms with Crippen molar-refractivity contribution in [3.05, 3.63) is 60.8 Å². The van der Waals surface area contributed by atoms with Crippen LogP contribution in [0.25, 0.3) is 0 Å². The molecule has 0 spiro atoms. The van der Waals surface area contributed by atoms with Gasteiger partial charge in [-0.1, -0.05) is 177 Å². The van der Waals surface area contributed by atoms with E-state index >= 15 is 0 Å². The molecule has 0 saturated carbocycles. The quantitative estimate of drug-likeness (QED) is 0.0263. The number of aliphatic carboxylic acids is 1. The first-order valence-electron chi connectivity index (χ1n) is 24.3. The van der Waals surface area contributed by atoms with Gasteiger partial charge in [-0.3, -0.25) is 9.59 Å². The number of carbonyl (C=O) groups excluding carboxylic acids is 2. The van der Waals surface area contributed by atoms with E-state index in [2.05, 4.69) is 62.5 Å². The monoisotopic (exact) mass is 875 g/mol. The summed E-state index contributed by atoms with van der Waals surface area (Å²) in [6, 6.07) is 0. The zero-order chi connectivity index (χ0) is 45.3. The molecule has 0 aromatic rings. The van der Waals surface area contributed by atoms with Crippen molar-refractivity contribution < 1.29 is 53.8 Å². The minimum atomic E-state index is -1.87. The second-order valence-corrected chi connectivity index (χ2v) is 16.6. The fourth-order valence-electron chi connectivity index (χ4n) is 7.06. The molecule has 0 aromatic carbocycles. The largest absolute Gasteiger partial charge is 0.479 e. The molecule has 1 rings (SSSR count). The molecule has 4 N–H and O–H groups in total. The molecule has 1 fully saturated rings. The van der Waals surface area contributed by atoms with Crippen LogP contribution >= 0.6 is 0 Å². The van der Waals surface area contributed by atoms with Gasteiger partial charge >= 0.3 is 17.9 Å². The maximum Gasteiger partial charge on any atom is 0.335 e. The lowest BCUT2D eigenvalue weighted by Gasteiger charge is -2.38. The van der Waals surface area contributed by atoms with E-state index in [-0.39, 0.29) is 19.4 Å². The van der Waals surface area contributed by atoms with E-state index in [1.807, 2.05) is 12.2 Å². The number of ether oxygens (including phenoxy) is 4. The van der Waals surface area contributed by atoms with Crippen LogP contribution in [0.5, 0.6) is 0 Å². The SMILES string of the molecule is CC/C=C\C/C=C\C/C=C\C/C=C\CCC(=O)OCC(COC1OC(C(=O)O)C(O)C(O)C1O)OC(=O)CCCCCCCCCCCCC/C=C\CCCCCCCCCC. The van der Waals surface area contributed by atoms with Gasteiger partial charge in [-0.15, -0.1) is 0 Å². The van der Waals surface area contributed by atoms with Crippen molar-refractivity contribution >= 4 is 17.9 Å². The van der Waals surface area contributed by atoms with Crippen molar-refractivity contribution in [3.63, 3.8) is 0 Å². The highest BCUT2D eigenvalue weighted by Crippen LogP contribution is 2.23. The Morgan fingerprint density at radius 2 is 0.984 bits per heavy atom. The highest BCUT2D eigenvalue weighted by molar-refractivity contribution is 5.73. The van der Waals surface area contributed by atoms with Crippen molar-refractivity contribution in [1.29, 1.82) is 0 Å². The molecule has 0 amide bonds. The molecule has 6 unspecified atom stereocenters. The molecule has 1 heterocycles. The summed E-state index contributed by atoms with van der Waals surface area (Å²) in [7, 11) is 0. The summed E-state index contributed by atoms with van der Waals surface area (Å²) in [4.78, 5) is 36.8. The maximum absolute atomic E-state index is 12.8. The molecule has 62 heavy (non-hydrogen) atoms. The third kappa shape index (κ3) is 31.7. The molecule has 1 aliphatic rings. The fourth-order valence-corrected chi connectivity index (χ4v) is 7.06. The van der Waals surface area contributed by atoms with Crippen LogP contribution in [-0.2, 0) is 33.3 Å². The Bertz CT molecular complexity index is 1260. The number of unbranched alkanes of at least 4 members (excludes halogenated alkanes) is 19. The van der Waals surface area contributed by atoms with Crippen LogP contribution in [0.1, 0.15) is 194 Å². The molecule has 0 aliphatic carbocycles. The smallest absolute Gasteiger partial charge is 0.335 e. The highest BCUT2D eigenvalue weighted by atomic mass is 16.7. The van der Waals surface area contributed by atoms with E-state index < -0.39 is 61.3 Å². The van der Waals surface area contributed by atoms with Crippen LogP contribution in [0.2, 0.25) is 0 Å². The molecule has 0 bridgehead atoms. The van der Waals surface area contributed by atoms with Gasteiger partial charge in [0.05, 0.1) is 6.61 Å². The summed E-state index contributed by atoms with van der Waals surface area (Å²) < 4.78 is 21.7. The Labute approximate surface area is 375 Å². The average Bonchev–Trinajstić information content (AvgIpc) is 3.26.